The summed E-state index contributed by atoms with van der Waals surface area (Å²) >= 11 is 0. The fraction of sp³-hybridized carbons (Fsp3) is 0.120. The van der Waals surface area contributed by atoms with Gasteiger partial charge in [-0.1, -0.05) is 41.6 Å². The van der Waals surface area contributed by atoms with Gasteiger partial charge in [0.15, 0.2) is 17.4 Å². The Labute approximate surface area is 183 Å². The molecule has 0 aliphatic carbocycles. The lowest BCUT2D eigenvalue weighted by Gasteiger charge is -2.10. The number of halogens is 2. The van der Waals surface area contributed by atoms with E-state index in [-0.39, 0.29) is 5.56 Å². The molecule has 7 heteroatoms. The van der Waals surface area contributed by atoms with E-state index in [1.54, 1.807) is 12.4 Å². The van der Waals surface area contributed by atoms with Crippen LogP contribution in [0.4, 0.5) is 8.78 Å². The van der Waals surface area contributed by atoms with E-state index >= 15 is 0 Å². The van der Waals surface area contributed by atoms with Gasteiger partial charge in [-0.15, -0.1) is 0 Å². The average molecular weight is 430 g/mol. The maximum Gasteiger partial charge on any atom is 0.176 e. The van der Waals surface area contributed by atoms with Crippen molar-refractivity contribution in [2.45, 2.75) is 6.54 Å². The number of rotatable bonds is 5. The Morgan fingerprint density at radius 2 is 1.75 bits per heavy atom. The highest BCUT2D eigenvalue weighted by Crippen LogP contribution is 2.38. The zero-order valence-corrected chi connectivity index (χ0v) is 17.6. The molecule has 0 saturated heterocycles. The van der Waals surface area contributed by atoms with E-state index in [1.165, 1.54) is 23.9 Å². The van der Waals surface area contributed by atoms with Crippen LogP contribution in [-0.2, 0) is 6.54 Å². The average Bonchev–Trinajstić information content (AvgIpc) is 3.42. The minimum absolute atomic E-state index is 0.0937. The molecule has 0 amide bonds. The zero-order valence-electron chi connectivity index (χ0n) is 17.6. The Balaban J connectivity index is 1.58. The van der Waals surface area contributed by atoms with Crippen molar-refractivity contribution < 1.29 is 13.3 Å². The Bertz CT molecular complexity index is 1400. The van der Waals surface area contributed by atoms with E-state index in [1.807, 2.05) is 20.2 Å². The summed E-state index contributed by atoms with van der Waals surface area (Å²) in [6.45, 7) is 0.866. The highest BCUT2D eigenvalue weighted by Gasteiger charge is 2.21. The summed E-state index contributed by atoms with van der Waals surface area (Å²) in [5.74, 6) is -1.51. The van der Waals surface area contributed by atoms with Gasteiger partial charge in [0.25, 0.3) is 0 Å². The number of nitrogens with zero attached hydrogens (tertiary/aromatic N) is 3. The summed E-state index contributed by atoms with van der Waals surface area (Å²) in [4.78, 5) is 9.77. The third-order valence-electron chi connectivity index (χ3n) is 5.37. The van der Waals surface area contributed by atoms with Crippen molar-refractivity contribution in [1.82, 2.24) is 20.0 Å². The second-order valence-corrected chi connectivity index (χ2v) is 7.93. The SMILES string of the molecule is CN(C)Cc1ccc(-c2cnc3[nH]cc(-c4oncc4-c4cccc(F)c4F)c3c2)cc1. The molecule has 160 valence electrons. The third-order valence-corrected chi connectivity index (χ3v) is 5.37. The Morgan fingerprint density at radius 1 is 0.938 bits per heavy atom. The summed E-state index contributed by atoms with van der Waals surface area (Å²) in [6.07, 6.45) is 4.94. The first kappa shape index (κ1) is 20.1. The second-order valence-electron chi connectivity index (χ2n) is 7.93. The highest BCUT2D eigenvalue weighted by molar-refractivity contribution is 5.97. The molecule has 0 bridgehead atoms. The lowest BCUT2D eigenvalue weighted by Crippen LogP contribution is -2.10. The van der Waals surface area contributed by atoms with E-state index in [2.05, 4.69) is 44.3 Å². The molecule has 2 aromatic carbocycles. The van der Waals surface area contributed by atoms with Crippen molar-refractivity contribution in [2.24, 2.45) is 0 Å². The van der Waals surface area contributed by atoms with Crippen LogP contribution < -0.4 is 0 Å². The monoisotopic (exact) mass is 430 g/mol. The molecule has 0 atom stereocenters. The van der Waals surface area contributed by atoms with E-state index in [0.717, 1.165) is 29.1 Å². The van der Waals surface area contributed by atoms with Crippen LogP contribution in [0.1, 0.15) is 5.56 Å². The summed E-state index contributed by atoms with van der Waals surface area (Å²) < 4.78 is 33.7. The van der Waals surface area contributed by atoms with Crippen LogP contribution in [0, 0.1) is 11.6 Å². The van der Waals surface area contributed by atoms with Crippen LogP contribution in [0.15, 0.2) is 71.6 Å². The van der Waals surface area contributed by atoms with Crippen molar-refractivity contribution in [3.05, 3.63) is 84.3 Å². The quantitative estimate of drug-likeness (QED) is 0.378. The van der Waals surface area contributed by atoms with Gasteiger partial charge in [0.2, 0.25) is 0 Å². The minimum Gasteiger partial charge on any atom is -0.356 e. The number of nitrogens with one attached hydrogen (secondary N) is 1. The summed E-state index contributed by atoms with van der Waals surface area (Å²) in [5.41, 5.74) is 5.00. The number of hydrogen-bond donors (Lipinski definition) is 1. The molecule has 0 radical (unpaired) electrons. The molecule has 3 heterocycles. The number of benzene rings is 2. The molecule has 5 nitrogen and oxygen atoms in total. The maximum absolute atomic E-state index is 14.4. The lowest BCUT2D eigenvalue weighted by atomic mass is 10.00. The largest absolute Gasteiger partial charge is 0.356 e. The van der Waals surface area contributed by atoms with Gasteiger partial charge in [-0.2, -0.15) is 0 Å². The summed E-state index contributed by atoms with van der Waals surface area (Å²) in [5, 5.41) is 4.64. The van der Waals surface area contributed by atoms with Gasteiger partial charge in [-0.25, -0.2) is 13.8 Å². The third kappa shape index (κ3) is 3.56. The smallest absolute Gasteiger partial charge is 0.176 e. The molecule has 0 saturated carbocycles. The lowest BCUT2D eigenvalue weighted by molar-refractivity contribution is 0.402. The first-order valence-corrected chi connectivity index (χ1v) is 10.1. The van der Waals surface area contributed by atoms with Gasteiger partial charge < -0.3 is 14.4 Å². The predicted molar refractivity (Wildman–Crippen MR) is 120 cm³/mol. The zero-order chi connectivity index (χ0) is 22.2. The van der Waals surface area contributed by atoms with Crippen LogP contribution >= 0.6 is 0 Å². The first-order chi connectivity index (χ1) is 15.5. The van der Waals surface area contributed by atoms with Crippen molar-refractivity contribution in [1.29, 1.82) is 0 Å². The maximum atomic E-state index is 14.4. The van der Waals surface area contributed by atoms with Gasteiger partial charge in [0, 0.05) is 41.0 Å². The van der Waals surface area contributed by atoms with Crippen LogP contribution in [-0.4, -0.2) is 34.1 Å². The summed E-state index contributed by atoms with van der Waals surface area (Å²) in [6, 6.07) is 14.4. The molecule has 3 aromatic heterocycles. The number of aromatic amines is 1. The van der Waals surface area contributed by atoms with E-state index in [0.29, 0.717) is 22.5 Å². The second kappa shape index (κ2) is 8.01. The molecule has 0 aliphatic heterocycles. The van der Waals surface area contributed by atoms with Gasteiger partial charge in [-0.3, -0.25) is 0 Å². The topological polar surface area (TPSA) is 58.0 Å². The number of pyridine rings is 1. The van der Waals surface area contributed by atoms with Gasteiger partial charge in [-0.05, 0) is 37.4 Å². The van der Waals surface area contributed by atoms with Crippen molar-refractivity contribution in [3.8, 4) is 33.6 Å². The van der Waals surface area contributed by atoms with Crippen LogP contribution in [0.25, 0.3) is 44.6 Å². The molecule has 5 rings (SSSR count). The molecule has 0 fully saturated rings. The Morgan fingerprint density at radius 3 is 2.53 bits per heavy atom. The first-order valence-electron chi connectivity index (χ1n) is 10.1. The minimum atomic E-state index is -0.937. The Hall–Kier alpha value is -3.84. The summed E-state index contributed by atoms with van der Waals surface area (Å²) in [7, 11) is 4.07. The fourth-order valence-electron chi connectivity index (χ4n) is 3.85. The van der Waals surface area contributed by atoms with Crippen LogP contribution in [0.5, 0.6) is 0 Å². The molecular weight excluding hydrogens is 410 g/mol. The van der Waals surface area contributed by atoms with Gasteiger partial charge in [0.1, 0.15) is 5.65 Å². The van der Waals surface area contributed by atoms with Crippen LogP contribution in [0.2, 0.25) is 0 Å². The van der Waals surface area contributed by atoms with Gasteiger partial charge >= 0.3 is 0 Å². The number of H-pyrrole nitrogens is 1. The van der Waals surface area contributed by atoms with E-state index in [4.69, 9.17) is 4.52 Å². The molecule has 0 unspecified atom stereocenters. The van der Waals surface area contributed by atoms with E-state index in [9.17, 15) is 8.78 Å². The standard InChI is InChI=1S/C25H20F2N4O/c1-31(2)14-15-6-8-16(9-7-15)17-10-19-20(12-29-25(19)28-11-17)24-21(13-30-32-24)18-4-3-5-22(26)23(18)27/h3-13H,14H2,1-2H3,(H,28,29). The van der Waals surface area contributed by atoms with Crippen molar-refractivity contribution >= 4 is 11.0 Å². The molecular formula is C25H20F2N4O. The predicted octanol–water partition coefficient (Wildman–Crippen LogP) is 5.89. The van der Waals surface area contributed by atoms with Crippen molar-refractivity contribution in [2.75, 3.05) is 14.1 Å². The molecule has 32 heavy (non-hydrogen) atoms. The molecule has 1 N–H and O–H groups in total. The highest BCUT2D eigenvalue weighted by atomic mass is 19.2. The number of hydrogen-bond acceptors (Lipinski definition) is 4. The molecule has 0 aliphatic rings. The van der Waals surface area contributed by atoms with E-state index < -0.39 is 11.6 Å². The number of fused-ring (bicyclic) bond motifs is 1. The van der Waals surface area contributed by atoms with Gasteiger partial charge in [0.05, 0.1) is 11.8 Å². The number of aromatic nitrogens is 3. The Kier molecular flexibility index (Phi) is 5.03. The fourth-order valence-corrected chi connectivity index (χ4v) is 3.85. The normalized spacial score (nSPS) is 11.5. The van der Waals surface area contributed by atoms with Crippen molar-refractivity contribution in [3.63, 3.8) is 0 Å². The molecule has 0 spiro atoms. The van der Waals surface area contributed by atoms with Crippen LogP contribution in [0.3, 0.4) is 0 Å². The molecule has 5 aromatic rings.